The Bertz CT molecular complexity index is 173. The Balaban J connectivity index is 4.22. The van der Waals surface area contributed by atoms with Crippen molar-refractivity contribution in [2.75, 3.05) is 13.2 Å². The van der Waals surface area contributed by atoms with E-state index < -0.39 is 12.6 Å². The SMILES string of the molecule is CCNC(CCC(F)(F)F)C(CC)OCC. The van der Waals surface area contributed by atoms with Gasteiger partial charge in [-0.3, -0.25) is 0 Å². The third-order valence-electron chi connectivity index (χ3n) is 2.44. The fraction of sp³-hybridized carbons (Fsp3) is 1.00. The van der Waals surface area contributed by atoms with Gasteiger partial charge in [-0.05, 0) is 26.3 Å². The molecule has 0 heterocycles. The second-order valence-corrected chi connectivity index (χ2v) is 3.72. The van der Waals surface area contributed by atoms with Crippen molar-refractivity contribution in [2.45, 2.75) is 58.4 Å². The van der Waals surface area contributed by atoms with Gasteiger partial charge in [0.05, 0.1) is 6.10 Å². The predicted octanol–water partition coefficient (Wildman–Crippen LogP) is 3.12. The summed E-state index contributed by atoms with van der Waals surface area (Å²) in [4.78, 5) is 0. The van der Waals surface area contributed by atoms with Gasteiger partial charge in [0.1, 0.15) is 0 Å². The van der Waals surface area contributed by atoms with Crippen LogP contribution in [-0.2, 0) is 4.74 Å². The third kappa shape index (κ3) is 7.06. The molecule has 0 radical (unpaired) electrons. The standard InChI is InChI=1S/C11H22F3NO/c1-4-10(16-6-3)9(15-5-2)7-8-11(12,13)14/h9-10,15H,4-8H2,1-3H3. The Morgan fingerprint density at radius 3 is 2.19 bits per heavy atom. The van der Waals surface area contributed by atoms with Crippen molar-refractivity contribution in [2.24, 2.45) is 0 Å². The molecule has 0 rings (SSSR count). The molecule has 5 heteroatoms. The average molecular weight is 241 g/mol. The Labute approximate surface area is 95.5 Å². The number of nitrogens with one attached hydrogen (secondary N) is 1. The average Bonchev–Trinajstić information content (AvgIpc) is 2.20. The second kappa shape index (κ2) is 7.90. The quantitative estimate of drug-likeness (QED) is 0.705. The third-order valence-corrected chi connectivity index (χ3v) is 2.44. The highest BCUT2D eigenvalue weighted by molar-refractivity contribution is 4.77. The number of hydrogen-bond donors (Lipinski definition) is 1. The lowest BCUT2D eigenvalue weighted by Crippen LogP contribution is -2.41. The van der Waals surface area contributed by atoms with Gasteiger partial charge in [0.2, 0.25) is 0 Å². The van der Waals surface area contributed by atoms with E-state index in [1.807, 2.05) is 20.8 Å². The maximum atomic E-state index is 12.1. The summed E-state index contributed by atoms with van der Waals surface area (Å²) in [5, 5.41) is 3.07. The highest BCUT2D eigenvalue weighted by Gasteiger charge is 2.30. The first-order valence-corrected chi connectivity index (χ1v) is 5.86. The topological polar surface area (TPSA) is 21.3 Å². The fourth-order valence-electron chi connectivity index (χ4n) is 1.73. The molecule has 0 aliphatic heterocycles. The molecule has 2 atom stereocenters. The molecular weight excluding hydrogens is 219 g/mol. The molecular formula is C11H22F3NO. The summed E-state index contributed by atoms with van der Waals surface area (Å²) in [5.41, 5.74) is 0. The van der Waals surface area contributed by atoms with Gasteiger partial charge >= 0.3 is 6.18 Å². The lowest BCUT2D eigenvalue weighted by molar-refractivity contribution is -0.138. The van der Waals surface area contributed by atoms with Gasteiger partial charge < -0.3 is 10.1 Å². The van der Waals surface area contributed by atoms with E-state index in [2.05, 4.69) is 5.32 Å². The number of hydrogen-bond acceptors (Lipinski definition) is 2. The molecule has 0 amide bonds. The van der Waals surface area contributed by atoms with E-state index in [-0.39, 0.29) is 18.6 Å². The van der Waals surface area contributed by atoms with Crippen LogP contribution in [0.2, 0.25) is 0 Å². The van der Waals surface area contributed by atoms with E-state index in [0.29, 0.717) is 13.2 Å². The van der Waals surface area contributed by atoms with Gasteiger partial charge in [-0.25, -0.2) is 0 Å². The van der Waals surface area contributed by atoms with Crippen molar-refractivity contribution in [3.05, 3.63) is 0 Å². The van der Waals surface area contributed by atoms with Crippen LogP contribution in [0.1, 0.15) is 40.0 Å². The number of likely N-dealkylation sites (N-methyl/N-ethyl adjacent to an activating group) is 1. The molecule has 0 aromatic heterocycles. The molecule has 0 saturated carbocycles. The van der Waals surface area contributed by atoms with Gasteiger partial charge in [0.15, 0.2) is 0 Å². The first-order chi connectivity index (χ1) is 7.44. The minimum absolute atomic E-state index is 0.0792. The van der Waals surface area contributed by atoms with Crippen molar-refractivity contribution in [1.82, 2.24) is 5.32 Å². The molecule has 98 valence electrons. The van der Waals surface area contributed by atoms with Crippen LogP contribution in [0.4, 0.5) is 13.2 Å². The lowest BCUT2D eigenvalue weighted by atomic mass is 10.0. The lowest BCUT2D eigenvalue weighted by Gasteiger charge is -2.27. The van der Waals surface area contributed by atoms with Crippen molar-refractivity contribution in [3.8, 4) is 0 Å². The fourth-order valence-corrected chi connectivity index (χ4v) is 1.73. The Morgan fingerprint density at radius 2 is 1.81 bits per heavy atom. The maximum absolute atomic E-state index is 12.1. The minimum Gasteiger partial charge on any atom is -0.377 e. The highest BCUT2D eigenvalue weighted by Crippen LogP contribution is 2.24. The molecule has 0 fully saturated rings. The molecule has 0 spiro atoms. The first kappa shape index (κ1) is 15.7. The van der Waals surface area contributed by atoms with E-state index >= 15 is 0 Å². The van der Waals surface area contributed by atoms with Crippen LogP contribution in [0.25, 0.3) is 0 Å². The molecule has 16 heavy (non-hydrogen) atoms. The summed E-state index contributed by atoms with van der Waals surface area (Å²) >= 11 is 0. The van der Waals surface area contributed by atoms with Crippen LogP contribution in [0.15, 0.2) is 0 Å². The van der Waals surface area contributed by atoms with E-state index in [9.17, 15) is 13.2 Å². The van der Waals surface area contributed by atoms with Gasteiger partial charge in [0, 0.05) is 19.1 Å². The first-order valence-electron chi connectivity index (χ1n) is 5.86. The van der Waals surface area contributed by atoms with E-state index in [1.165, 1.54) is 0 Å². The summed E-state index contributed by atoms with van der Waals surface area (Å²) < 4.78 is 41.9. The van der Waals surface area contributed by atoms with Crippen molar-refractivity contribution < 1.29 is 17.9 Å². The van der Waals surface area contributed by atoms with Crippen molar-refractivity contribution >= 4 is 0 Å². The summed E-state index contributed by atoms with van der Waals surface area (Å²) in [7, 11) is 0. The minimum atomic E-state index is -4.09. The summed E-state index contributed by atoms with van der Waals surface area (Å²) in [6.45, 7) is 6.87. The molecule has 0 saturated heterocycles. The van der Waals surface area contributed by atoms with Crippen LogP contribution < -0.4 is 5.32 Å². The molecule has 0 aliphatic rings. The monoisotopic (exact) mass is 241 g/mol. The maximum Gasteiger partial charge on any atom is 0.389 e. The summed E-state index contributed by atoms with van der Waals surface area (Å²) in [5.74, 6) is 0. The van der Waals surface area contributed by atoms with Crippen LogP contribution in [0.5, 0.6) is 0 Å². The number of alkyl halides is 3. The molecule has 2 nitrogen and oxygen atoms in total. The summed E-state index contributed by atoms with van der Waals surface area (Å²) in [6, 6.07) is -0.212. The molecule has 1 N–H and O–H groups in total. The van der Waals surface area contributed by atoms with Gasteiger partial charge in [0.25, 0.3) is 0 Å². The molecule has 0 bridgehead atoms. The van der Waals surface area contributed by atoms with E-state index in [1.54, 1.807) is 0 Å². The Morgan fingerprint density at radius 1 is 1.19 bits per heavy atom. The van der Waals surface area contributed by atoms with Gasteiger partial charge in [-0.15, -0.1) is 0 Å². The van der Waals surface area contributed by atoms with Crippen LogP contribution in [-0.4, -0.2) is 31.5 Å². The molecule has 2 unspecified atom stereocenters. The molecule has 0 aliphatic carbocycles. The zero-order chi connectivity index (χ0) is 12.6. The molecule has 0 aromatic carbocycles. The second-order valence-electron chi connectivity index (χ2n) is 3.72. The predicted molar refractivity (Wildman–Crippen MR) is 58.5 cm³/mol. The van der Waals surface area contributed by atoms with Crippen molar-refractivity contribution in [1.29, 1.82) is 0 Å². The Kier molecular flexibility index (Phi) is 7.76. The highest BCUT2D eigenvalue weighted by atomic mass is 19.4. The zero-order valence-corrected chi connectivity index (χ0v) is 10.2. The van der Waals surface area contributed by atoms with Crippen molar-refractivity contribution in [3.63, 3.8) is 0 Å². The number of rotatable bonds is 8. The normalized spacial score (nSPS) is 16.1. The van der Waals surface area contributed by atoms with Crippen LogP contribution in [0.3, 0.4) is 0 Å². The van der Waals surface area contributed by atoms with Crippen LogP contribution in [0, 0.1) is 0 Å². The largest absolute Gasteiger partial charge is 0.389 e. The number of halogens is 3. The Hall–Kier alpha value is -0.290. The van der Waals surface area contributed by atoms with Gasteiger partial charge in [-0.2, -0.15) is 13.2 Å². The van der Waals surface area contributed by atoms with Crippen LogP contribution >= 0.6 is 0 Å². The van der Waals surface area contributed by atoms with E-state index in [4.69, 9.17) is 4.74 Å². The van der Waals surface area contributed by atoms with E-state index in [0.717, 1.165) is 6.42 Å². The van der Waals surface area contributed by atoms with Gasteiger partial charge in [-0.1, -0.05) is 13.8 Å². The zero-order valence-electron chi connectivity index (χ0n) is 10.2. The number of ether oxygens (including phenoxy) is 1. The molecule has 0 aromatic rings. The summed E-state index contributed by atoms with van der Waals surface area (Å²) in [6.07, 6.45) is -4.17. The smallest absolute Gasteiger partial charge is 0.377 e.